The van der Waals surface area contributed by atoms with Crippen molar-refractivity contribution in [3.05, 3.63) is 56.7 Å². The van der Waals surface area contributed by atoms with Gasteiger partial charge in [-0.15, -0.1) is 0 Å². The maximum atomic E-state index is 14.0. The molecule has 13 heteroatoms. The number of aromatic amines is 1. The first-order chi connectivity index (χ1) is 20.0. The molecule has 4 aliphatic carbocycles. The van der Waals surface area contributed by atoms with Crippen LogP contribution >= 0.6 is 0 Å². The lowest BCUT2D eigenvalue weighted by Crippen LogP contribution is -2.64. The lowest BCUT2D eigenvalue weighted by molar-refractivity contribution is -0.277. The fraction of sp³-hybridized carbons (Fsp3) is 0.633. The highest BCUT2D eigenvalue weighted by Gasteiger charge is 2.70. The maximum absolute atomic E-state index is 14.0. The number of fused-ring (bicyclic) bond motifs is 5. The van der Waals surface area contributed by atoms with E-state index in [4.69, 9.17) is 9.47 Å². The Labute approximate surface area is 246 Å². The molecule has 3 N–H and O–H groups in total. The second kappa shape index (κ2) is 11.3. The van der Waals surface area contributed by atoms with Crippen LogP contribution in [0.15, 0.2) is 39.6 Å². The van der Waals surface area contributed by atoms with Gasteiger partial charge in [0.1, 0.15) is 5.60 Å². The number of Topliss-reactive ketones (excluding diaryl/α,β-unsaturated/α-hetero) is 1. The van der Waals surface area contributed by atoms with Gasteiger partial charge in [0, 0.05) is 16.7 Å². The molecule has 4 aliphatic rings. The molecular formula is C30H38F2N2O9. The smallest absolute Gasteiger partial charge is 0.422 e. The summed E-state index contributed by atoms with van der Waals surface area (Å²) < 4.78 is 34.6. The third-order valence-corrected chi connectivity index (χ3v) is 9.91. The molecular weight excluding hydrogens is 570 g/mol. The molecule has 0 radical (unpaired) electrons. The van der Waals surface area contributed by atoms with E-state index in [-0.39, 0.29) is 40.9 Å². The number of aromatic nitrogens is 2. The molecule has 1 heterocycles. The van der Waals surface area contributed by atoms with Crippen LogP contribution in [0.3, 0.4) is 0 Å². The number of rotatable bonds is 5. The van der Waals surface area contributed by atoms with Crippen LogP contribution < -0.4 is 11.2 Å². The largest absolute Gasteiger partial charge is 0.441 e. The molecule has 5 rings (SSSR count). The minimum Gasteiger partial charge on any atom is -0.441 e. The van der Waals surface area contributed by atoms with Crippen LogP contribution in [0.25, 0.3) is 0 Å². The van der Waals surface area contributed by atoms with E-state index in [1.165, 1.54) is 13.8 Å². The number of hydrogen-bond donors (Lipinski definition) is 3. The Balaban J connectivity index is 0.00000207. The van der Waals surface area contributed by atoms with Crippen molar-refractivity contribution in [3.8, 4) is 0 Å². The van der Waals surface area contributed by atoms with Gasteiger partial charge >= 0.3 is 11.8 Å². The summed E-state index contributed by atoms with van der Waals surface area (Å²) in [5.41, 5.74) is -4.69. The number of alkyl halides is 1. The molecule has 0 bridgehead atoms. The Morgan fingerprint density at radius 3 is 2.51 bits per heavy atom. The SMILES string of the molecule is CC(C)(O)OC1(C(=O)COC(=O)n2cc(F)c(=O)[nH]c2=O)CCC2C3CCC4=CC(=O)C=CC4(C)C3C(O)CC21C.CF. The standard InChI is InChI=1S/C29H35FN2O9.CH3F/c1-26(2,39)41-29(21(35)14-40-25(38)32-13-19(30)23(36)31-24(32)37)10-8-18-17-6-5-15-11-16(33)7-9-27(15,3)22(17)20(34)12-28(18,29)4;1-2/h7,9,11,13,17-18,20,22,34,39H,5-6,8,10,12,14H2,1-4H3,(H,31,36,37);1H3. The van der Waals surface area contributed by atoms with Crippen LogP contribution in [0, 0.1) is 34.4 Å². The Morgan fingerprint density at radius 1 is 1.19 bits per heavy atom. The van der Waals surface area contributed by atoms with E-state index in [1.807, 2.05) is 19.9 Å². The van der Waals surface area contributed by atoms with Gasteiger partial charge in [0.15, 0.2) is 18.2 Å². The fourth-order valence-corrected chi connectivity index (χ4v) is 8.32. The van der Waals surface area contributed by atoms with E-state index < -0.39 is 63.9 Å². The number of H-pyrrole nitrogens is 1. The number of ketones is 2. The first-order valence-electron chi connectivity index (χ1n) is 14.2. The van der Waals surface area contributed by atoms with Gasteiger partial charge in [-0.3, -0.25) is 23.8 Å². The van der Waals surface area contributed by atoms with Crippen molar-refractivity contribution in [1.82, 2.24) is 9.55 Å². The number of carbonyl (C=O) groups is 3. The number of ether oxygens (including phenoxy) is 2. The topological polar surface area (TPSA) is 165 Å². The molecule has 11 nitrogen and oxygen atoms in total. The highest BCUT2D eigenvalue weighted by atomic mass is 19.1. The van der Waals surface area contributed by atoms with Gasteiger partial charge in [-0.1, -0.05) is 25.5 Å². The van der Waals surface area contributed by atoms with Crippen molar-refractivity contribution in [2.75, 3.05) is 13.8 Å². The molecule has 1 aromatic rings. The maximum Gasteiger partial charge on any atom is 0.422 e. The zero-order chi connectivity index (χ0) is 32.1. The summed E-state index contributed by atoms with van der Waals surface area (Å²) in [6.45, 7) is 5.80. The molecule has 7 unspecified atom stereocenters. The molecule has 0 amide bonds. The number of aliphatic hydroxyl groups excluding tert-OH is 1. The monoisotopic (exact) mass is 608 g/mol. The molecule has 0 aromatic carbocycles. The minimum absolute atomic E-state index is 0.0194. The second-order valence-electron chi connectivity index (χ2n) is 12.7. The zero-order valence-corrected chi connectivity index (χ0v) is 24.8. The van der Waals surface area contributed by atoms with E-state index in [2.05, 4.69) is 0 Å². The number of carbonyl (C=O) groups excluding carboxylic acids is 3. The molecule has 0 aliphatic heterocycles. The number of nitrogens with zero attached hydrogens (tertiary/aromatic N) is 1. The number of halogens is 2. The molecule has 3 saturated carbocycles. The van der Waals surface area contributed by atoms with Gasteiger partial charge in [-0.25, -0.2) is 14.2 Å². The van der Waals surface area contributed by atoms with E-state index >= 15 is 0 Å². The average Bonchev–Trinajstić information content (AvgIpc) is 3.21. The summed E-state index contributed by atoms with van der Waals surface area (Å²) >= 11 is 0. The Morgan fingerprint density at radius 2 is 1.86 bits per heavy atom. The molecule has 236 valence electrons. The van der Waals surface area contributed by atoms with Crippen molar-refractivity contribution < 1.29 is 42.9 Å². The molecule has 0 saturated heterocycles. The van der Waals surface area contributed by atoms with Crippen molar-refractivity contribution in [2.24, 2.45) is 28.6 Å². The highest BCUT2D eigenvalue weighted by Crippen LogP contribution is 2.68. The predicted molar refractivity (Wildman–Crippen MR) is 148 cm³/mol. The zero-order valence-electron chi connectivity index (χ0n) is 24.8. The van der Waals surface area contributed by atoms with Gasteiger partial charge in [-0.2, -0.15) is 4.39 Å². The average molecular weight is 609 g/mol. The lowest BCUT2D eigenvalue weighted by atomic mass is 9.46. The number of nitrogens with one attached hydrogen (secondary N) is 1. The van der Waals surface area contributed by atoms with Crippen LogP contribution in [-0.2, 0) is 19.1 Å². The fourth-order valence-electron chi connectivity index (χ4n) is 8.32. The number of allylic oxidation sites excluding steroid dienone is 4. The van der Waals surface area contributed by atoms with E-state index in [0.29, 0.717) is 32.6 Å². The molecule has 0 spiro atoms. The minimum atomic E-state index is -1.76. The van der Waals surface area contributed by atoms with Gasteiger partial charge in [0.2, 0.25) is 11.6 Å². The van der Waals surface area contributed by atoms with E-state index in [0.717, 1.165) is 5.57 Å². The Kier molecular flexibility index (Phi) is 8.59. The van der Waals surface area contributed by atoms with Crippen LogP contribution in [0.4, 0.5) is 13.6 Å². The summed E-state index contributed by atoms with van der Waals surface area (Å²) in [5.74, 6) is -4.21. The van der Waals surface area contributed by atoms with Crippen molar-refractivity contribution in [2.45, 2.75) is 77.3 Å². The van der Waals surface area contributed by atoms with Gasteiger partial charge in [0.25, 0.3) is 5.56 Å². The third-order valence-electron chi connectivity index (χ3n) is 9.91. The molecule has 7 atom stereocenters. The Bertz CT molecular complexity index is 1490. The number of hydrogen-bond acceptors (Lipinski definition) is 9. The van der Waals surface area contributed by atoms with E-state index in [1.54, 1.807) is 17.1 Å². The summed E-state index contributed by atoms with van der Waals surface area (Å²) in [5, 5.41) is 22.4. The molecule has 1 aromatic heterocycles. The molecule has 43 heavy (non-hydrogen) atoms. The van der Waals surface area contributed by atoms with Crippen LogP contribution in [0.1, 0.15) is 59.8 Å². The van der Waals surface area contributed by atoms with Crippen molar-refractivity contribution >= 4 is 17.7 Å². The number of aliphatic hydroxyl groups is 2. The lowest BCUT2D eigenvalue weighted by Gasteiger charge is -2.60. The molecule has 3 fully saturated rings. The third kappa shape index (κ3) is 5.35. The van der Waals surface area contributed by atoms with Crippen LogP contribution in [0.2, 0.25) is 0 Å². The summed E-state index contributed by atoms with van der Waals surface area (Å²) in [6.07, 6.45) is 5.47. The predicted octanol–water partition coefficient (Wildman–Crippen LogP) is 2.58. The van der Waals surface area contributed by atoms with Crippen molar-refractivity contribution in [3.63, 3.8) is 0 Å². The van der Waals surface area contributed by atoms with Crippen LogP contribution in [-0.4, -0.2) is 68.7 Å². The first-order valence-corrected chi connectivity index (χ1v) is 14.2. The summed E-state index contributed by atoms with van der Waals surface area (Å²) in [7, 11) is 0.500. The second-order valence-corrected chi connectivity index (χ2v) is 12.7. The quantitative estimate of drug-likeness (QED) is 0.426. The van der Waals surface area contributed by atoms with Crippen LogP contribution in [0.5, 0.6) is 0 Å². The van der Waals surface area contributed by atoms with Gasteiger partial charge < -0.3 is 19.7 Å². The van der Waals surface area contributed by atoms with E-state index in [9.17, 15) is 43.0 Å². The normalized spacial score (nSPS) is 34.6. The summed E-state index contributed by atoms with van der Waals surface area (Å²) in [4.78, 5) is 63.6. The highest BCUT2D eigenvalue weighted by molar-refractivity contribution is 6.01. The summed E-state index contributed by atoms with van der Waals surface area (Å²) in [6, 6.07) is 0. The Hall–Kier alpha value is -3.29. The van der Waals surface area contributed by atoms with Gasteiger partial charge in [0.05, 0.1) is 19.5 Å². The van der Waals surface area contributed by atoms with Gasteiger partial charge in [-0.05, 0) is 69.9 Å². The van der Waals surface area contributed by atoms with Crippen molar-refractivity contribution in [1.29, 1.82) is 0 Å². The first kappa shape index (κ1) is 32.6.